The van der Waals surface area contributed by atoms with Crippen molar-refractivity contribution in [3.05, 3.63) is 89.5 Å². The molecule has 1 aliphatic rings. The fourth-order valence-electron chi connectivity index (χ4n) is 4.83. The average Bonchev–Trinajstić information content (AvgIpc) is 2.98. The van der Waals surface area contributed by atoms with E-state index in [0.717, 1.165) is 40.1 Å². The van der Waals surface area contributed by atoms with E-state index < -0.39 is 28.5 Å². The first-order chi connectivity index (χ1) is 20.2. The molecule has 1 aliphatic heterocycles. The van der Waals surface area contributed by atoms with Gasteiger partial charge in [-0.2, -0.15) is 0 Å². The first-order valence-electron chi connectivity index (χ1n) is 14.2. The minimum atomic E-state index is -3.89. The number of unbranched alkanes of at least 4 members (excludes halogenated alkanes) is 1. The van der Waals surface area contributed by atoms with Gasteiger partial charge in [0.05, 0.1) is 11.9 Å². The summed E-state index contributed by atoms with van der Waals surface area (Å²) in [5.74, 6) is 0.149. The molecule has 4 rings (SSSR count). The van der Waals surface area contributed by atoms with Crippen LogP contribution in [0.1, 0.15) is 36.5 Å². The van der Waals surface area contributed by atoms with E-state index >= 15 is 0 Å². The SMILES string of the molecule is CCCCNC(=O)[C@@H](Cc1ccccc1)N(Cc1ccccc1C)C(=O)CN(c1ccc2c(c1)OCCO2)S(C)(=O)=O. The zero-order valence-corrected chi connectivity index (χ0v) is 25.2. The molecule has 10 heteroatoms. The van der Waals surface area contributed by atoms with Gasteiger partial charge in [0.2, 0.25) is 21.8 Å². The Hall–Kier alpha value is -4.05. The maximum atomic E-state index is 14.2. The summed E-state index contributed by atoms with van der Waals surface area (Å²) in [6.07, 6.45) is 3.05. The number of nitrogens with one attached hydrogen (secondary N) is 1. The molecule has 1 N–H and O–H groups in total. The molecule has 0 saturated heterocycles. The van der Waals surface area contributed by atoms with Gasteiger partial charge >= 0.3 is 0 Å². The summed E-state index contributed by atoms with van der Waals surface area (Å²) in [7, 11) is -3.89. The predicted octanol–water partition coefficient (Wildman–Crippen LogP) is 4.09. The number of carbonyl (C=O) groups excluding carboxylic acids is 2. The van der Waals surface area contributed by atoms with Crippen molar-refractivity contribution in [2.24, 2.45) is 0 Å². The number of rotatable bonds is 13. The highest BCUT2D eigenvalue weighted by molar-refractivity contribution is 7.92. The maximum absolute atomic E-state index is 14.2. The molecule has 0 saturated carbocycles. The van der Waals surface area contributed by atoms with Crippen LogP contribution in [0.5, 0.6) is 11.5 Å². The number of anilines is 1. The van der Waals surface area contributed by atoms with Crippen LogP contribution in [0.4, 0.5) is 5.69 Å². The summed E-state index contributed by atoms with van der Waals surface area (Å²) in [6, 6.07) is 21.1. The summed E-state index contributed by atoms with van der Waals surface area (Å²) >= 11 is 0. The van der Waals surface area contributed by atoms with Crippen LogP contribution >= 0.6 is 0 Å². The molecular formula is C32H39N3O6S. The van der Waals surface area contributed by atoms with Crippen LogP contribution in [0.3, 0.4) is 0 Å². The smallest absolute Gasteiger partial charge is 0.244 e. The van der Waals surface area contributed by atoms with E-state index in [4.69, 9.17) is 9.47 Å². The lowest BCUT2D eigenvalue weighted by molar-refractivity contribution is -0.140. The predicted molar refractivity (Wildman–Crippen MR) is 163 cm³/mol. The summed E-state index contributed by atoms with van der Waals surface area (Å²) in [6.45, 7) is 4.87. The fraction of sp³-hybridized carbons (Fsp3) is 0.375. The van der Waals surface area contributed by atoms with Crippen molar-refractivity contribution in [3.63, 3.8) is 0 Å². The van der Waals surface area contributed by atoms with Crippen LogP contribution in [0.2, 0.25) is 0 Å². The van der Waals surface area contributed by atoms with Crippen molar-refractivity contribution in [3.8, 4) is 11.5 Å². The number of fused-ring (bicyclic) bond motifs is 1. The molecule has 0 bridgehead atoms. The van der Waals surface area contributed by atoms with E-state index in [0.29, 0.717) is 31.3 Å². The topological polar surface area (TPSA) is 105 Å². The Balaban J connectivity index is 1.72. The second kappa shape index (κ2) is 14.2. The molecule has 0 spiro atoms. The van der Waals surface area contributed by atoms with Crippen molar-refractivity contribution in [2.45, 2.75) is 45.7 Å². The number of nitrogens with zero attached hydrogens (tertiary/aromatic N) is 2. The molecule has 0 unspecified atom stereocenters. The van der Waals surface area contributed by atoms with Crippen molar-refractivity contribution in [1.29, 1.82) is 0 Å². The van der Waals surface area contributed by atoms with E-state index in [2.05, 4.69) is 5.32 Å². The van der Waals surface area contributed by atoms with Crippen molar-refractivity contribution in [2.75, 3.05) is 36.9 Å². The van der Waals surface area contributed by atoms with E-state index in [-0.39, 0.29) is 24.6 Å². The highest BCUT2D eigenvalue weighted by Gasteiger charge is 2.33. The number of hydrogen-bond donors (Lipinski definition) is 1. The van der Waals surface area contributed by atoms with Gasteiger partial charge in [0.1, 0.15) is 25.8 Å². The second-order valence-electron chi connectivity index (χ2n) is 10.4. The minimum Gasteiger partial charge on any atom is -0.486 e. The fourth-order valence-corrected chi connectivity index (χ4v) is 5.67. The summed E-state index contributed by atoms with van der Waals surface area (Å²) in [5.41, 5.74) is 3.00. The molecule has 2 amide bonds. The number of sulfonamides is 1. The Bertz CT molecular complexity index is 1480. The lowest BCUT2D eigenvalue weighted by atomic mass is 10.0. The Morgan fingerprint density at radius 3 is 2.33 bits per heavy atom. The molecular weight excluding hydrogens is 554 g/mol. The Labute approximate surface area is 248 Å². The van der Waals surface area contributed by atoms with Gasteiger partial charge in [0.15, 0.2) is 11.5 Å². The number of benzene rings is 3. The standard InChI is InChI=1S/C32H39N3O6S/c1-4-5-17-33-32(37)28(20-25-12-7-6-8-13-25)34(22-26-14-10-9-11-24(26)2)31(36)23-35(42(3,38)39)27-15-16-29-30(21-27)41-19-18-40-29/h6-16,21,28H,4-5,17-20,22-23H2,1-3H3,(H,33,37)/t28-/m1/s1. The van der Waals surface area contributed by atoms with Crippen molar-refractivity contribution >= 4 is 27.5 Å². The van der Waals surface area contributed by atoms with Gasteiger partial charge in [0, 0.05) is 25.6 Å². The van der Waals surface area contributed by atoms with E-state index in [1.54, 1.807) is 18.2 Å². The van der Waals surface area contributed by atoms with Gasteiger partial charge < -0.3 is 19.7 Å². The van der Waals surface area contributed by atoms with Gasteiger partial charge in [-0.3, -0.25) is 13.9 Å². The number of amides is 2. The molecule has 0 aliphatic carbocycles. The number of hydrogen-bond acceptors (Lipinski definition) is 6. The summed E-state index contributed by atoms with van der Waals surface area (Å²) < 4.78 is 38.4. The number of aryl methyl sites for hydroxylation is 1. The molecule has 9 nitrogen and oxygen atoms in total. The zero-order chi connectivity index (χ0) is 30.1. The first-order valence-corrected chi connectivity index (χ1v) is 16.0. The quantitative estimate of drug-likeness (QED) is 0.300. The molecule has 1 atom stereocenters. The largest absolute Gasteiger partial charge is 0.486 e. The minimum absolute atomic E-state index is 0.142. The molecule has 0 fully saturated rings. The van der Waals surface area contributed by atoms with Gasteiger partial charge in [-0.05, 0) is 42.2 Å². The van der Waals surface area contributed by atoms with Crippen LogP contribution in [0.25, 0.3) is 0 Å². The molecule has 224 valence electrons. The Kier molecular flexibility index (Phi) is 10.5. The molecule has 3 aromatic carbocycles. The molecule has 3 aromatic rings. The van der Waals surface area contributed by atoms with E-state index in [1.807, 2.05) is 68.4 Å². The Morgan fingerprint density at radius 2 is 1.64 bits per heavy atom. The third-order valence-corrected chi connectivity index (χ3v) is 8.34. The van der Waals surface area contributed by atoms with Gasteiger partial charge in [-0.25, -0.2) is 8.42 Å². The third-order valence-electron chi connectivity index (χ3n) is 7.20. The van der Waals surface area contributed by atoms with Crippen LogP contribution in [0, 0.1) is 6.92 Å². The van der Waals surface area contributed by atoms with Crippen molar-refractivity contribution < 1.29 is 27.5 Å². The number of ether oxygens (including phenoxy) is 2. The third kappa shape index (κ3) is 8.03. The normalized spacial score (nSPS) is 13.2. The second-order valence-corrected chi connectivity index (χ2v) is 12.3. The molecule has 0 radical (unpaired) electrons. The number of carbonyl (C=O) groups is 2. The van der Waals surface area contributed by atoms with Gasteiger partial charge in [-0.1, -0.05) is 67.9 Å². The molecule has 1 heterocycles. The van der Waals surface area contributed by atoms with Crippen LogP contribution in [-0.2, 0) is 32.6 Å². The lowest BCUT2D eigenvalue weighted by Gasteiger charge is -2.34. The highest BCUT2D eigenvalue weighted by Crippen LogP contribution is 2.35. The van der Waals surface area contributed by atoms with Crippen LogP contribution < -0.4 is 19.1 Å². The zero-order valence-electron chi connectivity index (χ0n) is 24.4. The van der Waals surface area contributed by atoms with E-state index in [1.165, 1.54) is 4.90 Å². The average molecular weight is 594 g/mol. The monoisotopic (exact) mass is 593 g/mol. The molecule has 0 aromatic heterocycles. The lowest BCUT2D eigenvalue weighted by Crippen LogP contribution is -2.53. The van der Waals surface area contributed by atoms with Crippen molar-refractivity contribution in [1.82, 2.24) is 10.2 Å². The highest BCUT2D eigenvalue weighted by atomic mass is 32.2. The summed E-state index contributed by atoms with van der Waals surface area (Å²) in [5, 5.41) is 2.99. The van der Waals surface area contributed by atoms with Gasteiger partial charge in [-0.15, -0.1) is 0 Å². The Morgan fingerprint density at radius 1 is 0.952 bits per heavy atom. The van der Waals surface area contributed by atoms with Crippen LogP contribution in [-0.4, -0.2) is 63.7 Å². The summed E-state index contributed by atoms with van der Waals surface area (Å²) in [4.78, 5) is 29.4. The van der Waals surface area contributed by atoms with Crippen LogP contribution in [0.15, 0.2) is 72.8 Å². The van der Waals surface area contributed by atoms with E-state index in [9.17, 15) is 18.0 Å². The maximum Gasteiger partial charge on any atom is 0.244 e. The van der Waals surface area contributed by atoms with Gasteiger partial charge in [0.25, 0.3) is 0 Å². The first kappa shape index (κ1) is 30.9. The molecule has 42 heavy (non-hydrogen) atoms.